The lowest BCUT2D eigenvalue weighted by molar-refractivity contribution is -0.154. The molecule has 1 atom stereocenters. The van der Waals surface area contributed by atoms with Gasteiger partial charge in [-0.05, 0) is 24.1 Å². The highest BCUT2D eigenvalue weighted by molar-refractivity contribution is 7.99. The number of hydrogen-bond acceptors (Lipinski definition) is 4. The normalized spacial score (nSPS) is 16.8. The second-order valence-electron chi connectivity index (χ2n) is 5.49. The monoisotopic (exact) mass is 368 g/mol. The van der Waals surface area contributed by atoms with E-state index in [0.717, 1.165) is 22.6 Å². The van der Waals surface area contributed by atoms with Crippen LogP contribution in [0.2, 0.25) is 0 Å². The molecule has 0 bridgehead atoms. The van der Waals surface area contributed by atoms with Gasteiger partial charge in [-0.1, -0.05) is 18.2 Å². The summed E-state index contributed by atoms with van der Waals surface area (Å²) in [5.41, 5.74) is 1.35. The predicted octanol–water partition coefficient (Wildman–Crippen LogP) is 3.99. The number of nitrogens with zero attached hydrogens (tertiary/aromatic N) is 1. The Bertz CT molecular complexity index is 750. The SMILES string of the molecule is O=C(NC1CCSc2ccccc21)c1ccc(OCC(F)(F)F)nc1. The number of carbonyl (C=O) groups is 1. The molecule has 0 saturated carbocycles. The Labute approximate surface area is 146 Å². The summed E-state index contributed by atoms with van der Waals surface area (Å²) in [6.07, 6.45) is -2.40. The molecule has 4 nitrogen and oxygen atoms in total. The number of nitrogens with one attached hydrogen (secondary N) is 1. The molecule has 0 aliphatic carbocycles. The van der Waals surface area contributed by atoms with E-state index in [4.69, 9.17) is 0 Å². The topological polar surface area (TPSA) is 51.2 Å². The van der Waals surface area contributed by atoms with Crippen LogP contribution in [0.1, 0.15) is 28.4 Å². The van der Waals surface area contributed by atoms with Crippen molar-refractivity contribution in [1.29, 1.82) is 0 Å². The largest absolute Gasteiger partial charge is 0.468 e. The summed E-state index contributed by atoms with van der Waals surface area (Å²) < 4.78 is 40.9. The maximum Gasteiger partial charge on any atom is 0.422 e. The first-order valence-corrected chi connectivity index (χ1v) is 8.59. The number of rotatable bonds is 4. The third-order valence-corrected chi connectivity index (χ3v) is 4.77. The number of ether oxygens (including phenoxy) is 1. The van der Waals surface area contributed by atoms with E-state index >= 15 is 0 Å². The molecule has 25 heavy (non-hydrogen) atoms. The molecule has 1 aromatic carbocycles. The maximum absolute atomic E-state index is 12.4. The number of carbonyl (C=O) groups excluding carboxylic acids is 1. The number of fused-ring (bicyclic) bond motifs is 1. The summed E-state index contributed by atoms with van der Waals surface area (Å²) >= 11 is 1.75. The highest BCUT2D eigenvalue weighted by Crippen LogP contribution is 2.35. The molecule has 8 heteroatoms. The first kappa shape index (κ1) is 17.6. The molecule has 3 rings (SSSR count). The number of halogens is 3. The smallest absolute Gasteiger partial charge is 0.422 e. The molecule has 0 saturated heterocycles. The first-order valence-electron chi connectivity index (χ1n) is 7.60. The molecule has 2 aromatic rings. The molecule has 1 amide bonds. The van der Waals surface area contributed by atoms with Gasteiger partial charge in [-0.2, -0.15) is 13.2 Å². The Morgan fingerprint density at radius 1 is 1.28 bits per heavy atom. The fraction of sp³-hybridized carbons (Fsp3) is 0.294. The molecular weight excluding hydrogens is 353 g/mol. The van der Waals surface area contributed by atoms with Crippen LogP contribution >= 0.6 is 11.8 Å². The number of benzene rings is 1. The lowest BCUT2D eigenvalue weighted by Crippen LogP contribution is -2.30. The van der Waals surface area contributed by atoms with E-state index in [-0.39, 0.29) is 23.4 Å². The van der Waals surface area contributed by atoms with Gasteiger partial charge in [0.2, 0.25) is 5.88 Å². The van der Waals surface area contributed by atoms with Crippen molar-refractivity contribution in [3.8, 4) is 5.88 Å². The molecule has 1 aliphatic rings. The number of aromatic nitrogens is 1. The highest BCUT2D eigenvalue weighted by Gasteiger charge is 2.28. The van der Waals surface area contributed by atoms with Crippen molar-refractivity contribution in [2.24, 2.45) is 0 Å². The van der Waals surface area contributed by atoms with Crippen molar-refractivity contribution < 1.29 is 22.7 Å². The second kappa shape index (κ2) is 7.35. The van der Waals surface area contributed by atoms with E-state index in [0.29, 0.717) is 0 Å². The van der Waals surface area contributed by atoms with Crippen molar-refractivity contribution in [2.75, 3.05) is 12.4 Å². The van der Waals surface area contributed by atoms with Gasteiger partial charge in [0.25, 0.3) is 5.91 Å². The first-order chi connectivity index (χ1) is 11.9. The quantitative estimate of drug-likeness (QED) is 0.887. The Kier molecular flexibility index (Phi) is 5.17. The molecule has 1 aromatic heterocycles. The van der Waals surface area contributed by atoms with Gasteiger partial charge >= 0.3 is 6.18 Å². The molecule has 1 aliphatic heterocycles. The van der Waals surface area contributed by atoms with Gasteiger partial charge in [-0.25, -0.2) is 4.98 Å². The summed E-state index contributed by atoms with van der Waals surface area (Å²) in [5, 5.41) is 2.95. The van der Waals surface area contributed by atoms with Gasteiger partial charge in [0, 0.05) is 22.9 Å². The number of alkyl halides is 3. The van der Waals surface area contributed by atoms with Crippen LogP contribution in [0, 0.1) is 0 Å². The second-order valence-corrected chi connectivity index (χ2v) is 6.63. The molecule has 1 N–H and O–H groups in total. The van der Waals surface area contributed by atoms with Crippen molar-refractivity contribution in [1.82, 2.24) is 10.3 Å². The minimum atomic E-state index is -4.43. The Morgan fingerprint density at radius 3 is 2.80 bits per heavy atom. The van der Waals surface area contributed by atoms with Crippen molar-refractivity contribution >= 4 is 17.7 Å². The van der Waals surface area contributed by atoms with E-state index in [1.165, 1.54) is 18.3 Å². The third kappa shape index (κ3) is 4.66. The fourth-order valence-electron chi connectivity index (χ4n) is 2.49. The van der Waals surface area contributed by atoms with Gasteiger partial charge in [-0.3, -0.25) is 4.79 Å². The maximum atomic E-state index is 12.4. The summed E-state index contributed by atoms with van der Waals surface area (Å²) in [7, 11) is 0. The highest BCUT2D eigenvalue weighted by atomic mass is 32.2. The number of hydrogen-bond donors (Lipinski definition) is 1. The number of amides is 1. The van der Waals surface area contributed by atoms with Crippen LogP contribution in [-0.4, -0.2) is 29.4 Å². The third-order valence-electron chi connectivity index (χ3n) is 3.65. The van der Waals surface area contributed by atoms with Crippen LogP contribution in [0.5, 0.6) is 5.88 Å². The fourth-order valence-corrected chi connectivity index (χ4v) is 3.61. The van der Waals surface area contributed by atoms with Crippen LogP contribution in [0.4, 0.5) is 13.2 Å². The van der Waals surface area contributed by atoms with E-state index in [1.807, 2.05) is 24.3 Å². The van der Waals surface area contributed by atoms with Gasteiger partial charge in [0.05, 0.1) is 11.6 Å². The Hall–Kier alpha value is -2.22. The lowest BCUT2D eigenvalue weighted by Gasteiger charge is -2.25. The predicted molar refractivity (Wildman–Crippen MR) is 87.8 cm³/mol. The molecular formula is C17H15F3N2O2S. The van der Waals surface area contributed by atoms with Crippen molar-refractivity contribution in [2.45, 2.75) is 23.5 Å². The van der Waals surface area contributed by atoms with Crippen LogP contribution in [0.25, 0.3) is 0 Å². The molecule has 0 radical (unpaired) electrons. The molecule has 0 fully saturated rings. The summed E-state index contributed by atoms with van der Waals surface area (Å²) in [6.45, 7) is -1.41. The molecule has 2 heterocycles. The molecule has 0 spiro atoms. The molecule has 132 valence electrons. The van der Waals surface area contributed by atoms with Crippen LogP contribution in [0.3, 0.4) is 0 Å². The van der Waals surface area contributed by atoms with Gasteiger partial charge in [0.15, 0.2) is 6.61 Å². The van der Waals surface area contributed by atoms with Crippen LogP contribution in [0.15, 0.2) is 47.5 Å². The Morgan fingerprint density at radius 2 is 2.08 bits per heavy atom. The Balaban J connectivity index is 1.64. The zero-order chi connectivity index (χ0) is 17.9. The van der Waals surface area contributed by atoms with Crippen molar-refractivity contribution in [3.63, 3.8) is 0 Å². The standard InChI is InChI=1S/C17H15F3N2O2S/c18-17(19,20)10-24-15-6-5-11(9-21-15)16(23)22-13-7-8-25-14-4-2-1-3-12(13)14/h1-6,9,13H,7-8,10H2,(H,22,23). The molecule has 1 unspecified atom stereocenters. The van der Waals surface area contributed by atoms with E-state index in [1.54, 1.807) is 11.8 Å². The van der Waals surface area contributed by atoms with Crippen LogP contribution in [-0.2, 0) is 0 Å². The summed E-state index contributed by atoms with van der Waals surface area (Å²) in [6, 6.07) is 10.5. The van der Waals surface area contributed by atoms with E-state index in [9.17, 15) is 18.0 Å². The lowest BCUT2D eigenvalue weighted by atomic mass is 10.0. The zero-order valence-electron chi connectivity index (χ0n) is 13.0. The van der Waals surface area contributed by atoms with E-state index < -0.39 is 12.8 Å². The average molecular weight is 368 g/mol. The van der Waals surface area contributed by atoms with Gasteiger partial charge < -0.3 is 10.1 Å². The number of pyridine rings is 1. The van der Waals surface area contributed by atoms with Gasteiger partial charge in [-0.15, -0.1) is 11.8 Å². The van der Waals surface area contributed by atoms with Crippen LogP contribution < -0.4 is 10.1 Å². The van der Waals surface area contributed by atoms with Gasteiger partial charge in [0.1, 0.15) is 0 Å². The summed E-state index contributed by atoms with van der Waals surface area (Å²) in [4.78, 5) is 17.3. The minimum absolute atomic E-state index is 0.0916. The zero-order valence-corrected chi connectivity index (χ0v) is 13.9. The average Bonchev–Trinajstić information content (AvgIpc) is 2.60. The minimum Gasteiger partial charge on any atom is -0.468 e. The van der Waals surface area contributed by atoms with Crippen molar-refractivity contribution in [3.05, 3.63) is 53.7 Å². The number of thioether (sulfide) groups is 1. The summed E-state index contributed by atoms with van der Waals surface area (Å²) in [5.74, 6) is 0.416. The van der Waals surface area contributed by atoms with E-state index in [2.05, 4.69) is 15.0 Å².